The van der Waals surface area contributed by atoms with Crippen LogP contribution in [0.2, 0.25) is 0 Å². The average Bonchev–Trinajstić information content (AvgIpc) is 3.02. The van der Waals surface area contributed by atoms with Crippen molar-refractivity contribution in [2.45, 2.75) is 11.1 Å². The summed E-state index contributed by atoms with van der Waals surface area (Å²) in [5.74, 6) is -0.00628. The third-order valence-corrected chi connectivity index (χ3v) is 5.14. The van der Waals surface area contributed by atoms with Gasteiger partial charge >= 0.3 is 6.18 Å². The highest BCUT2D eigenvalue weighted by molar-refractivity contribution is 7.92. The molecule has 0 aliphatic rings. The first kappa shape index (κ1) is 19.2. The number of alkyl halides is 3. The Kier molecular flexibility index (Phi) is 4.74. The maximum Gasteiger partial charge on any atom is 0.416 e. The van der Waals surface area contributed by atoms with Crippen LogP contribution >= 0.6 is 0 Å². The highest BCUT2D eigenvalue weighted by Gasteiger charge is 2.31. The number of benzene rings is 2. The van der Waals surface area contributed by atoms with Gasteiger partial charge in [0.25, 0.3) is 10.0 Å². The summed E-state index contributed by atoms with van der Waals surface area (Å²) in [5.41, 5.74) is 5.07. The van der Waals surface area contributed by atoms with E-state index in [1.807, 2.05) is 6.07 Å². The molecule has 0 atom stereocenters. The van der Waals surface area contributed by atoms with E-state index in [4.69, 9.17) is 11.0 Å². The molecule has 7 nitrogen and oxygen atoms in total. The van der Waals surface area contributed by atoms with Crippen LogP contribution < -0.4 is 10.5 Å². The minimum absolute atomic E-state index is 0.00628. The van der Waals surface area contributed by atoms with Crippen LogP contribution in [0.1, 0.15) is 11.1 Å². The maximum atomic E-state index is 12.9. The number of hydrogen-bond acceptors (Lipinski definition) is 5. The molecular weight excluding hydrogens is 395 g/mol. The number of aromatic nitrogens is 2. The highest BCUT2D eigenvalue weighted by Crippen LogP contribution is 2.31. The number of halogens is 3. The van der Waals surface area contributed by atoms with Crippen molar-refractivity contribution in [3.63, 3.8) is 0 Å². The van der Waals surface area contributed by atoms with Crippen LogP contribution in [-0.4, -0.2) is 18.2 Å². The molecule has 28 heavy (non-hydrogen) atoms. The lowest BCUT2D eigenvalue weighted by Crippen LogP contribution is -2.16. The predicted octanol–water partition coefficient (Wildman–Crippen LogP) is 3.15. The zero-order chi connectivity index (χ0) is 20.5. The molecular formula is C17H12F3N5O2S. The molecule has 0 aliphatic carbocycles. The van der Waals surface area contributed by atoms with E-state index >= 15 is 0 Å². The summed E-state index contributed by atoms with van der Waals surface area (Å²) in [6.45, 7) is 0. The third-order valence-electron chi connectivity index (χ3n) is 3.78. The van der Waals surface area contributed by atoms with E-state index in [0.717, 1.165) is 22.9 Å². The summed E-state index contributed by atoms with van der Waals surface area (Å²) >= 11 is 0. The molecule has 0 unspecified atom stereocenters. The Balaban J connectivity index is 2.03. The highest BCUT2D eigenvalue weighted by atomic mass is 32.2. The van der Waals surface area contributed by atoms with E-state index in [0.29, 0.717) is 6.07 Å². The molecule has 144 valence electrons. The van der Waals surface area contributed by atoms with Gasteiger partial charge in [-0.2, -0.15) is 23.5 Å². The van der Waals surface area contributed by atoms with Crippen molar-refractivity contribution < 1.29 is 21.6 Å². The summed E-state index contributed by atoms with van der Waals surface area (Å²) < 4.78 is 67.3. The summed E-state index contributed by atoms with van der Waals surface area (Å²) in [6, 6.07) is 11.2. The zero-order valence-corrected chi connectivity index (χ0v) is 14.8. The van der Waals surface area contributed by atoms with Crippen LogP contribution in [0.4, 0.5) is 24.7 Å². The van der Waals surface area contributed by atoms with E-state index in [9.17, 15) is 21.6 Å². The minimum atomic E-state index is -4.68. The lowest BCUT2D eigenvalue weighted by Gasteiger charge is -2.14. The van der Waals surface area contributed by atoms with E-state index in [2.05, 4.69) is 9.82 Å². The lowest BCUT2D eigenvalue weighted by atomic mass is 10.2. The molecule has 11 heteroatoms. The van der Waals surface area contributed by atoms with Crippen molar-refractivity contribution in [2.24, 2.45) is 0 Å². The summed E-state index contributed by atoms with van der Waals surface area (Å²) in [6.07, 6.45) is -3.46. The van der Waals surface area contributed by atoms with Gasteiger partial charge in [-0.3, -0.25) is 4.72 Å². The molecule has 0 radical (unpaired) electrons. The Morgan fingerprint density at radius 2 is 1.86 bits per heavy atom. The Bertz CT molecular complexity index is 1180. The van der Waals surface area contributed by atoms with Crippen LogP contribution in [0.3, 0.4) is 0 Å². The van der Waals surface area contributed by atoms with Gasteiger partial charge in [-0.05, 0) is 30.3 Å². The first-order valence-corrected chi connectivity index (χ1v) is 9.15. The number of nitrogen functional groups attached to an aromatic ring is 1. The number of para-hydroxylation sites is 2. The third kappa shape index (κ3) is 3.63. The van der Waals surface area contributed by atoms with Gasteiger partial charge in [0, 0.05) is 0 Å². The topological polar surface area (TPSA) is 114 Å². The van der Waals surface area contributed by atoms with E-state index in [1.165, 1.54) is 24.4 Å². The number of hydrogen-bond donors (Lipinski definition) is 2. The second-order valence-electron chi connectivity index (χ2n) is 5.62. The molecule has 0 spiro atoms. The largest absolute Gasteiger partial charge is 0.416 e. The molecule has 0 saturated carbocycles. The number of anilines is 2. The van der Waals surface area contributed by atoms with Crippen LogP contribution in [0, 0.1) is 11.3 Å². The molecule has 0 saturated heterocycles. The molecule has 0 amide bonds. The number of rotatable bonds is 4. The van der Waals surface area contributed by atoms with Gasteiger partial charge in [-0.15, -0.1) is 0 Å². The zero-order valence-electron chi connectivity index (χ0n) is 14.0. The van der Waals surface area contributed by atoms with E-state index in [-0.39, 0.29) is 22.8 Å². The fraction of sp³-hybridized carbons (Fsp3) is 0.0588. The maximum absolute atomic E-state index is 12.9. The van der Waals surface area contributed by atoms with Gasteiger partial charge in [0.2, 0.25) is 0 Å². The standard InChI is InChI=1S/C17H12F3N5O2S/c18-17(19,20)12-4-3-5-13(8-12)28(26,27)24-14-6-1-2-7-15(14)25-16(22)11(9-21)10-23-25/h1-8,10,24H,22H2. The monoisotopic (exact) mass is 407 g/mol. The molecule has 1 aromatic heterocycles. The fourth-order valence-corrected chi connectivity index (χ4v) is 3.54. The van der Waals surface area contributed by atoms with Crippen LogP contribution in [0.15, 0.2) is 59.6 Å². The van der Waals surface area contributed by atoms with Gasteiger partial charge in [0.15, 0.2) is 0 Å². The number of sulfonamides is 1. The van der Waals surface area contributed by atoms with Crippen molar-refractivity contribution in [2.75, 3.05) is 10.5 Å². The van der Waals surface area contributed by atoms with Crippen molar-refractivity contribution in [3.05, 3.63) is 65.9 Å². The Morgan fingerprint density at radius 1 is 1.14 bits per heavy atom. The second-order valence-corrected chi connectivity index (χ2v) is 7.30. The van der Waals surface area contributed by atoms with Crippen LogP contribution in [-0.2, 0) is 16.2 Å². The molecule has 2 aromatic carbocycles. The predicted molar refractivity (Wildman–Crippen MR) is 94.9 cm³/mol. The molecule has 3 rings (SSSR count). The van der Waals surface area contributed by atoms with Gasteiger partial charge in [-0.25, -0.2) is 13.1 Å². The quantitative estimate of drug-likeness (QED) is 0.690. The van der Waals surface area contributed by atoms with Crippen molar-refractivity contribution in [1.82, 2.24) is 9.78 Å². The van der Waals surface area contributed by atoms with Crippen molar-refractivity contribution in [3.8, 4) is 11.8 Å². The van der Waals surface area contributed by atoms with E-state index in [1.54, 1.807) is 6.07 Å². The summed E-state index contributed by atoms with van der Waals surface area (Å²) in [5, 5.41) is 12.9. The normalized spacial score (nSPS) is 11.8. The van der Waals surface area contributed by atoms with Gasteiger partial charge < -0.3 is 5.73 Å². The van der Waals surface area contributed by atoms with Crippen molar-refractivity contribution in [1.29, 1.82) is 5.26 Å². The second kappa shape index (κ2) is 6.90. The van der Waals surface area contributed by atoms with Gasteiger partial charge in [0.05, 0.1) is 28.0 Å². The average molecular weight is 407 g/mol. The van der Waals surface area contributed by atoms with Gasteiger partial charge in [0.1, 0.15) is 17.5 Å². The fourth-order valence-electron chi connectivity index (χ4n) is 2.42. The molecule has 3 aromatic rings. The Morgan fingerprint density at radius 3 is 2.50 bits per heavy atom. The minimum Gasteiger partial charge on any atom is -0.382 e. The molecule has 3 N–H and O–H groups in total. The van der Waals surface area contributed by atoms with E-state index < -0.39 is 26.7 Å². The molecule has 0 fully saturated rings. The van der Waals surface area contributed by atoms with Gasteiger partial charge in [-0.1, -0.05) is 18.2 Å². The van der Waals surface area contributed by atoms with Crippen LogP contribution in [0.25, 0.3) is 5.69 Å². The molecule has 0 bridgehead atoms. The van der Waals surface area contributed by atoms with Crippen LogP contribution in [0.5, 0.6) is 0 Å². The SMILES string of the molecule is N#Cc1cnn(-c2ccccc2NS(=O)(=O)c2cccc(C(F)(F)F)c2)c1N. The summed E-state index contributed by atoms with van der Waals surface area (Å²) in [7, 11) is -4.34. The van der Waals surface area contributed by atoms with Crippen molar-refractivity contribution >= 4 is 21.5 Å². The first-order valence-electron chi connectivity index (χ1n) is 7.66. The number of nitrogens with one attached hydrogen (secondary N) is 1. The first-order chi connectivity index (χ1) is 13.1. The molecule has 1 heterocycles. The Hall–Kier alpha value is -3.52. The lowest BCUT2D eigenvalue weighted by molar-refractivity contribution is -0.137. The molecule has 0 aliphatic heterocycles. The smallest absolute Gasteiger partial charge is 0.382 e. The Labute approximate surface area is 157 Å². The number of nitrogens with two attached hydrogens (primary N) is 1. The number of nitrogens with zero attached hydrogens (tertiary/aromatic N) is 3. The summed E-state index contributed by atoms with van der Waals surface area (Å²) in [4.78, 5) is -0.553. The number of nitriles is 1.